The summed E-state index contributed by atoms with van der Waals surface area (Å²) in [5.74, 6) is 0.669. The van der Waals surface area contributed by atoms with Gasteiger partial charge in [0.25, 0.3) is 0 Å². The molecule has 9 heteroatoms. The molecule has 2 aromatic carbocycles. The third-order valence-corrected chi connectivity index (χ3v) is 6.32. The molecule has 1 atom stereocenters. The minimum Gasteiger partial charge on any atom is -0.454 e. The maximum atomic E-state index is 12.9. The zero-order valence-corrected chi connectivity index (χ0v) is 18.2. The molecule has 3 heterocycles. The number of hydrogen-bond donors (Lipinski definition) is 2. The Morgan fingerprint density at radius 2 is 1.73 bits per heavy atom. The van der Waals surface area contributed by atoms with Gasteiger partial charge in [0.15, 0.2) is 11.5 Å². The maximum Gasteiger partial charge on any atom is 0.321 e. The molecule has 0 aliphatic carbocycles. The highest BCUT2D eigenvalue weighted by atomic mass is 16.7. The number of anilines is 2. The predicted molar refractivity (Wildman–Crippen MR) is 121 cm³/mol. The van der Waals surface area contributed by atoms with Gasteiger partial charge in [0, 0.05) is 49.5 Å². The van der Waals surface area contributed by atoms with Crippen LogP contribution in [0.3, 0.4) is 0 Å². The molecule has 3 aliphatic heterocycles. The Labute approximate surface area is 191 Å². The molecule has 2 aromatic rings. The van der Waals surface area contributed by atoms with Crippen LogP contribution in [0.15, 0.2) is 48.5 Å². The fourth-order valence-electron chi connectivity index (χ4n) is 4.46. The molecule has 0 bridgehead atoms. The van der Waals surface area contributed by atoms with Gasteiger partial charge in [-0.3, -0.25) is 9.59 Å². The van der Waals surface area contributed by atoms with Crippen molar-refractivity contribution in [3.8, 4) is 11.5 Å². The standard InChI is InChI=1S/C24H26N4O5/c29-22-12-16(14-28(22)19-6-7-20-21(13-19)33-15-32-20)23(30)25-18-8-10-27(11-9-18)24(31)26-17-4-2-1-3-5-17/h1-7,13,16,18H,8-12,14-15H2,(H,25,30)(H,26,31). The monoisotopic (exact) mass is 450 g/mol. The largest absolute Gasteiger partial charge is 0.454 e. The van der Waals surface area contributed by atoms with Gasteiger partial charge in [0.05, 0.1) is 5.92 Å². The SMILES string of the molecule is O=C(NC1CCN(C(=O)Nc2ccccc2)CC1)C1CC(=O)N(c2ccc3c(c2)OCO3)C1. The first-order chi connectivity index (χ1) is 16.1. The number of urea groups is 1. The molecular formula is C24H26N4O5. The van der Waals surface area contributed by atoms with Crippen LogP contribution in [-0.2, 0) is 9.59 Å². The summed E-state index contributed by atoms with van der Waals surface area (Å²) in [5, 5.41) is 5.98. The molecule has 9 nitrogen and oxygen atoms in total. The number of benzene rings is 2. The molecule has 0 saturated carbocycles. The van der Waals surface area contributed by atoms with Crippen molar-refractivity contribution in [3.63, 3.8) is 0 Å². The summed E-state index contributed by atoms with van der Waals surface area (Å²) in [5.41, 5.74) is 1.47. The second-order valence-corrected chi connectivity index (χ2v) is 8.51. The highest BCUT2D eigenvalue weighted by Gasteiger charge is 2.37. The smallest absolute Gasteiger partial charge is 0.321 e. The summed E-state index contributed by atoms with van der Waals surface area (Å²) >= 11 is 0. The van der Waals surface area contributed by atoms with Gasteiger partial charge < -0.3 is 29.9 Å². The molecule has 2 N–H and O–H groups in total. The Hall–Kier alpha value is -3.75. The minimum atomic E-state index is -0.401. The molecule has 1 unspecified atom stereocenters. The van der Waals surface area contributed by atoms with E-state index >= 15 is 0 Å². The minimum absolute atomic E-state index is 0.00651. The van der Waals surface area contributed by atoms with Crippen molar-refractivity contribution in [1.82, 2.24) is 10.2 Å². The summed E-state index contributed by atoms with van der Waals surface area (Å²) in [6, 6.07) is 14.6. The third-order valence-electron chi connectivity index (χ3n) is 6.32. The van der Waals surface area contributed by atoms with E-state index in [4.69, 9.17) is 9.47 Å². The van der Waals surface area contributed by atoms with Crippen molar-refractivity contribution in [2.24, 2.45) is 5.92 Å². The van der Waals surface area contributed by atoms with Gasteiger partial charge in [-0.15, -0.1) is 0 Å². The van der Waals surface area contributed by atoms with Crippen molar-refractivity contribution in [1.29, 1.82) is 0 Å². The Kier molecular flexibility index (Phi) is 5.77. The number of nitrogens with zero attached hydrogens (tertiary/aromatic N) is 2. The number of fused-ring (bicyclic) bond motifs is 1. The molecular weight excluding hydrogens is 424 g/mol. The van der Waals surface area contributed by atoms with Gasteiger partial charge in [-0.1, -0.05) is 18.2 Å². The molecule has 0 spiro atoms. The van der Waals surface area contributed by atoms with Gasteiger partial charge in [-0.2, -0.15) is 0 Å². The number of carbonyl (C=O) groups is 3. The first-order valence-electron chi connectivity index (χ1n) is 11.2. The van der Waals surface area contributed by atoms with E-state index in [1.54, 1.807) is 21.9 Å². The molecule has 33 heavy (non-hydrogen) atoms. The van der Waals surface area contributed by atoms with Crippen LogP contribution in [0.5, 0.6) is 11.5 Å². The quantitative estimate of drug-likeness (QED) is 0.746. The average Bonchev–Trinajstić information content (AvgIpc) is 3.46. The number of para-hydroxylation sites is 1. The van der Waals surface area contributed by atoms with Crippen molar-refractivity contribution >= 4 is 29.2 Å². The summed E-state index contributed by atoms with van der Waals surface area (Å²) in [6.07, 6.45) is 1.54. The maximum absolute atomic E-state index is 12.9. The van der Waals surface area contributed by atoms with Crippen molar-refractivity contribution in [2.45, 2.75) is 25.3 Å². The van der Waals surface area contributed by atoms with Crippen LogP contribution in [0, 0.1) is 5.92 Å². The Morgan fingerprint density at radius 1 is 0.970 bits per heavy atom. The van der Waals surface area contributed by atoms with Gasteiger partial charge >= 0.3 is 6.03 Å². The highest BCUT2D eigenvalue weighted by Crippen LogP contribution is 2.37. The van der Waals surface area contributed by atoms with Gasteiger partial charge in [0.2, 0.25) is 18.6 Å². The normalized spacial score (nSPS) is 20.1. The van der Waals surface area contributed by atoms with Crippen LogP contribution >= 0.6 is 0 Å². The summed E-state index contributed by atoms with van der Waals surface area (Å²) < 4.78 is 10.7. The predicted octanol–water partition coefficient (Wildman–Crippen LogP) is 2.58. The first kappa shape index (κ1) is 21.1. The van der Waals surface area contributed by atoms with E-state index < -0.39 is 5.92 Å². The van der Waals surface area contributed by atoms with E-state index in [2.05, 4.69) is 10.6 Å². The number of nitrogens with one attached hydrogen (secondary N) is 2. The summed E-state index contributed by atoms with van der Waals surface area (Å²) in [6.45, 7) is 1.64. The zero-order chi connectivity index (χ0) is 22.8. The Balaban J connectivity index is 1.11. The molecule has 5 rings (SSSR count). The lowest BCUT2D eigenvalue weighted by Gasteiger charge is -2.32. The number of carbonyl (C=O) groups excluding carboxylic acids is 3. The first-order valence-corrected chi connectivity index (χ1v) is 11.2. The summed E-state index contributed by atoms with van der Waals surface area (Å²) in [7, 11) is 0. The fourth-order valence-corrected chi connectivity index (χ4v) is 4.46. The van der Waals surface area contributed by atoms with Crippen molar-refractivity contribution < 1.29 is 23.9 Å². The van der Waals surface area contributed by atoms with Crippen LogP contribution in [0.25, 0.3) is 0 Å². The molecule has 0 aromatic heterocycles. The van der Waals surface area contributed by atoms with E-state index in [-0.39, 0.29) is 37.1 Å². The molecule has 3 aliphatic rings. The lowest BCUT2D eigenvalue weighted by Crippen LogP contribution is -2.49. The van der Waals surface area contributed by atoms with Crippen LogP contribution in [-0.4, -0.2) is 55.2 Å². The van der Waals surface area contributed by atoms with Gasteiger partial charge in [0.1, 0.15) is 0 Å². The molecule has 0 radical (unpaired) electrons. The number of ether oxygens (including phenoxy) is 2. The van der Waals surface area contributed by atoms with Gasteiger partial charge in [-0.05, 0) is 37.1 Å². The van der Waals surface area contributed by atoms with Crippen LogP contribution in [0.2, 0.25) is 0 Å². The lowest BCUT2D eigenvalue weighted by atomic mass is 10.0. The topological polar surface area (TPSA) is 100 Å². The van der Waals surface area contributed by atoms with E-state index in [1.165, 1.54) is 0 Å². The molecule has 2 fully saturated rings. The second kappa shape index (κ2) is 9.01. The summed E-state index contributed by atoms with van der Waals surface area (Å²) in [4.78, 5) is 41.3. The highest BCUT2D eigenvalue weighted by molar-refractivity contribution is 6.00. The third kappa shape index (κ3) is 4.57. The average molecular weight is 450 g/mol. The van der Waals surface area contributed by atoms with Crippen LogP contribution < -0.4 is 25.0 Å². The number of amides is 4. The van der Waals surface area contributed by atoms with Crippen LogP contribution in [0.4, 0.5) is 16.2 Å². The number of rotatable bonds is 4. The van der Waals surface area contributed by atoms with E-state index in [1.807, 2.05) is 36.4 Å². The molecule has 4 amide bonds. The second-order valence-electron chi connectivity index (χ2n) is 8.51. The zero-order valence-electron chi connectivity index (χ0n) is 18.2. The van der Waals surface area contributed by atoms with E-state index in [0.717, 1.165) is 5.69 Å². The number of likely N-dealkylation sites (tertiary alicyclic amines) is 1. The molecule has 172 valence electrons. The fraction of sp³-hybridized carbons (Fsp3) is 0.375. The van der Waals surface area contributed by atoms with Gasteiger partial charge in [-0.25, -0.2) is 4.79 Å². The van der Waals surface area contributed by atoms with Crippen molar-refractivity contribution in [3.05, 3.63) is 48.5 Å². The van der Waals surface area contributed by atoms with E-state index in [0.29, 0.717) is 49.7 Å². The number of hydrogen-bond acceptors (Lipinski definition) is 5. The Morgan fingerprint density at radius 3 is 2.52 bits per heavy atom. The Bertz CT molecular complexity index is 1050. The molecule has 2 saturated heterocycles. The van der Waals surface area contributed by atoms with Crippen molar-refractivity contribution in [2.75, 3.05) is 36.6 Å². The van der Waals surface area contributed by atoms with E-state index in [9.17, 15) is 14.4 Å². The lowest BCUT2D eigenvalue weighted by molar-refractivity contribution is -0.127. The number of piperidine rings is 1. The van der Waals surface area contributed by atoms with Crippen LogP contribution in [0.1, 0.15) is 19.3 Å².